The number of hydrogen-bond donors (Lipinski definition) is 2. The minimum absolute atomic E-state index is 0.0703. The van der Waals surface area contributed by atoms with Gasteiger partial charge in [0.2, 0.25) is 0 Å². The van der Waals surface area contributed by atoms with Crippen molar-refractivity contribution in [3.63, 3.8) is 0 Å². The maximum absolute atomic E-state index is 12.4. The SMILES string of the molecule is O=C(NCc1nnnn1CC1CC1)N1C[C@@H]2CCC[C@@]2(C(=O)O)C1. The van der Waals surface area contributed by atoms with E-state index < -0.39 is 11.4 Å². The Labute approximate surface area is 139 Å². The molecule has 2 amide bonds. The molecule has 0 bridgehead atoms. The average Bonchev–Trinajstić information content (AvgIpc) is 2.96. The molecule has 24 heavy (non-hydrogen) atoms. The molecule has 2 N–H and O–H groups in total. The monoisotopic (exact) mass is 334 g/mol. The Morgan fingerprint density at radius 1 is 1.33 bits per heavy atom. The molecule has 1 aromatic rings. The number of urea groups is 1. The van der Waals surface area contributed by atoms with Gasteiger partial charge in [0.1, 0.15) is 0 Å². The molecule has 9 nitrogen and oxygen atoms in total. The van der Waals surface area contributed by atoms with Gasteiger partial charge in [-0.2, -0.15) is 0 Å². The van der Waals surface area contributed by atoms with E-state index in [9.17, 15) is 14.7 Å². The number of amides is 2. The predicted octanol–water partition coefficient (Wildman–Crippen LogP) is 0.479. The number of tetrazole rings is 1. The number of carbonyl (C=O) groups is 2. The van der Waals surface area contributed by atoms with Crippen molar-refractivity contribution < 1.29 is 14.7 Å². The molecule has 2 heterocycles. The first-order valence-corrected chi connectivity index (χ1v) is 8.60. The fourth-order valence-electron chi connectivity index (χ4n) is 4.10. The van der Waals surface area contributed by atoms with Gasteiger partial charge >= 0.3 is 12.0 Å². The van der Waals surface area contributed by atoms with Gasteiger partial charge in [-0.15, -0.1) is 5.10 Å². The molecular formula is C15H22N6O3. The number of carbonyl (C=O) groups excluding carboxylic acids is 1. The summed E-state index contributed by atoms with van der Waals surface area (Å²) in [5, 5.41) is 24.0. The van der Waals surface area contributed by atoms with Crippen LogP contribution in [-0.4, -0.2) is 55.3 Å². The highest BCUT2D eigenvalue weighted by molar-refractivity contribution is 5.80. The molecule has 9 heteroatoms. The van der Waals surface area contributed by atoms with E-state index in [-0.39, 0.29) is 18.5 Å². The summed E-state index contributed by atoms with van der Waals surface area (Å²) in [5.41, 5.74) is -0.745. The summed E-state index contributed by atoms with van der Waals surface area (Å²) in [6, 6.07) is -0.231. The Kier molecular flexibility index (Phi) is 3.65. The number of aromatic nitrogens is 4. The van der Waals surface area contributed by atoms with Crippen LogP contribution in [0.25, 0.3) is 0 Å². The Hall–Kier alpha value is -2.19. The lowest BCUT2D eigenvalue weighted by atomic mass is 9.81. The minimum Gasteiger partial charge on any atom is -0.481 e. The fraction of sp³-hybridized carbons (Fsp3) is 0.800. The standard InChI is InChI=1S/C15H22N6O3/c22-13(23)15-5-1-2-11(15)8-20(9-15)14(24)16-6-12-17-18-19-21(12)7-10-3-4-10/h10-11H,1-9H2,(H,16,24)(H,22,23)/t11-,15+/m0/s1. The molecule has 2 aliphatic carbocycles. The molecule has 4 rings (SSSR count). The number of aliphatic carboxylic acids is 1. The lowest BCUT2D eigenvalue weighted by molar-refractivity contribution is -0.149. The van der Waals surface area contributed by atoms with Crippen molar-refractivity contribution in [1.82, 2.24) is 30.4 Å². The lowest BCUT2D eigenvalue weighted by Crippen LogP contribution is -2.41. The molecular weight excluding hydrogens is 312 g/mol. The van der Waals surface area contributed by atoms with Crippen LogP contribution in [0, 0.1) is 17.3 Å². The van der Waals surface area contributed by atoms with Crippen LogP contribution in [0.1, 0.15) is 37.9 Å². The molecule has 1 aromatic heterocycles. The van der Waals surface area contributed by atoms with Crippen molar-refractivity contribution in [2.45, 2.75) is 45.2 Å². The predicted molar refractivity (Wildman–Crippen MR) is 81.8 cm³/mol. The highest BCUT2D eigenvalue weighted by atomic mass is 16.4. The van der Waals surface area contributed by atoms with E-state index in [1.54, 1.807) is 9.58 Å². The summed E-state index contributed by atoms with van der Waals surface area (Å²) in [6.07, 6.45) is 4.89. The van der Waals surface area contributed by atoms with Crippen molar-refractivity contribution in [2.24, 2.45) is 17.3 Å². The van der Waals surface area contributed by atoms with Crippen LogP contribution in [-0.2, 0) is 17.9 Å². The summed E-state index contributed by atoms with van der Waals surface area (Å²) in [7, 11) is 0. The summed E-state index contributed by atoms with van der Waals surface area (Å²) < 4.78 is 1.75. The zero-order valence-corrected chi connectivity index (χ0v) is 13.5. The molecule has 0 radical (unpaired) electrons. The summed E-state index contributed by atoms with van der Waals surface area (Å²) in [4.78, 5) is 25.7. The van der Waals surface area contributed by atoms with Crippen LogP contribution >= 0.6 is 0 Å². The second-order valence-electron chi connectivity index (χ2n) is 7.31. The smallest absolute Gasteiger partial charge is 0.317 e. The number of nitrogens with zero attached hydrogens (tertiary/aromatic N) is 5. The van der Waals surface area contributed by atoms with Gasteiger partial charge in [0.05, 0.1) is 12.0 Å². The van der Waals surface area contributed by atoms with Gasteiger partial charge in [-0.05, 0) is 47.9 Å². The zero-order chi connectivity index (χ0) is 16.7. The van der Waals surface area contributed by atoms with E-state index in [1.165, 1.54) is 12.8 Å². The topological polar surface area (TPSA) is 113 Å². The third-order valence-corrected chi connectivity index (χ3v) is 5.72. The van der Waals surface area contributed by atoms with Gasteiger partial charge in [-0.1, -0.05) is 6.42 Å². The van der Waals surface area contributed by atoms with Crippen LogP contribution in [0.3, 0.4) is 0 Å². The maximum Gasteiger partial charge on any atom is 0.317 e. The number of hydrogen-bond acceptors (Lipinski definition) is 5. The molecule has 2 saturated carbocycles. The lowest BCUT2D eigenvalue weighted by Gasteiger charge is -2.23. The van der Waals surface area contributed by atoms with Gasteiger partial charge in [-0.25, -0.2) is 9.48 Å². The van der Waals surface area contributed by atoms with Crippen molar-refractivity contribution in [1.29, 1.82) is 0 Å². The maximum atomic E-state index is 12.4. The number of carboxylic acids is 1. The van der Waals surface area contributed by atoms with Crippen molar-refractivity contribution >= 4 is 12.0 Å². The number of rotatable bonds is 5. The van der Waals surface area contributed by atoms with E-state index in [0.29, 0.717) is 31.3 Å². The van der Waals surface area contributed by atoms with Crippen LogP contribution in [0.15, 0.2) is 0 Å². The first-order chi connectivity index (χ1) is 11.6. The number of likely N-dealkylation sites (tertiary alicyclic amines) is 1. The zero-order valence-electron chi connectivity index (χ0n) is 13.5. The Morgan fingerprint density at radius 2 is 2.17 bits per heavy atom. The third-order valence-electron chi connectivity index (χ3n) is 5.72. The van der Waals surface area contributed by atoms with Gasteiger partial charge in [0.25, 0.3) is 0 Å². The minimum atomic E-state index is -0.770. The van der Waals surface area contributed by atoms with E-state index in [4.69, 9.17) is 0 Å². The average molecular weight is 334 g/mol. The van der Waals surface area contributed by atoms with E-state index in [1.807, 2.05) is 0 Å². The number of nitrogens with one attached hydrogen (secondary N) is 1. The number of carboxylic acid groups (broad SMARTS) is 1. The quantitative estimate of drug-likeness (QED) is 0.810. The Balaban J connectivity index is 1.36. The molecule has 0 spiro atoms. The van der Waals surface area contributed by atoms with E-state index in [2.05, 4.69) is 20.8 Å². The molecule has 1 aliphatic heterocycles. The summed E-state index contributed by atoms with van der Waals surface area (Å²) >= 11 is 0. The largest absolute Gasteiger partial charge is 0.481 e. The molecule has 3 fully saturated rings. The highest BCUT2D eigenvalue weighted by Crippen LogP contribution is 2.48. The molecule has 0 unspecified atom stereocenters. The molecule has 1 saturated heterocycles. The van der Waals surface area contributed by atoms with Crippen LogP contribution in [0.2, 0.25) is 0 Å². The van der Waals surface area contributed by atoms with Gasteiger partial charge in [-0.3, -0.25) is 4.79 Å². The van der Waals surface area contributed by atoms with Crippen molar-refractivity contribution in [3.8, 4) is 0 Å². The second-order valence-corrected chi connectivity index (χ2v) is 7.31. The normalized spacial score (nSPS) is 28.8. The van der Waals surface area contributed by atoms with Crippen LogP contribution in [0.4, 0.5) is 4.79 Å². The first kappa shape index (κ1) is 15.3. The van der Waals surface area contributed by atoms with Gasteiger partial charge < -0.3 is 15.3 Å². The first-order valence-electron chi connectivity index (χ1n) is 8.60. The fourth-order valence-corrected chi connectivity index (χ4v) is 4.10. The highest BCUT2D eigenvalue weighted by Gasteiger charge is 2.55. The Morgan fingerprint density at radius 3 is 2.88 bits per heavy atom. The second kappa shape index (κ2) is 5.71. The van der Waals surface area contributed by atoms with Crippen molar-refractivity contribution in [3.05, 3.63) is 5.82 Å². The molecule has 130 valence electrons. The molecule has 2 atom stereocenters. The van der Waals surface area contributed by atoms with Crippen LogP contribution in [0.5, 0.6) is 0 Å². The molecule has 0 aromatic carbocycles. The van der Waals surface area contributed by atoms with E-state index in [0.717, 1.165) is 19.4 Å². The van der Waals surface area contributed by atoms with E-state index >= 15 is 0 Å². The summed E-state index contributed by atoms with van der Waals surface area (Å²) in [5.74, 6) is 0.591. The number of fused-ring (bicyclic) bond motifs is 1. The van der Waals surface area contributed by atoms with Gasteiger partial charge in [0.15, 0.2) is 5.82 Å². The van der Waals surface area contributed by atoms with Crippen molar-refractivity contribution in [2.75, 3.05) is 13.1 Å². The van der Waals surface area contributed by atoms with Crippen LogP contribution < -0.4 is 5.32 Å². The summed E-state index contributed by atoms with van der Waals surface area (Å²) in [6.45, 7) is 1.88. The van der Waals surface area contributed by atoms with Gasteiger partial charge in [0, 0.05) is 19.6 Å². The Bertz CT molecular complexity index is 657. The third kappa shape index (κ3) is 2.61. The molecule has 3 aliphatic rings.